The summed E-state index contributed by atoms with van der Waals surface area (Å²) in [5.41, 5.74) is 3.02. The van der Waals surface area contributed by atoms with E-state index in [1.54, 1.807) is 0 Å². The third-order valence-electron chi connectivity index (χ3n) is 4.46. The Labute approximate surface area is 118 Å². The fraction of sp³-hybridized carbons (Fsp3) is 0.647. The van der Waals surface area contributed by atoms with Crippen molar-refractivity contribution in [2.45, 2.75) is 58.0 Å². The highest BCUT2D eigenvalue weighted by Crippen LogP contribution is 2.33. The molecule has 1 atom stereocenters. The molecule has 0 radical (unpaired) electrons. The van der Waals surface area contributed by atoms with Crippen LogP contribution in [-0.2, 0) is 0 Å². The summed E-state index contributed by atoms with van der Waals surface area (Å²) >= 11 is 0. The fourth-order valence-electron chi connectivity index (χ4n) is 3.17. The Morgan fingerprint density at radius 3 is 2.32 bits per heavy atom. The highest BCUT2D eigenvalue weighted by molar-refractivity contribution is 5.51. The van der Waals surface area contributed by atoms with Crippen LogP contribution >= 0.6 is 0 Å². The van der Waals surface area contributed by atoms with Crippen LogP contribution in [0.1, 0.15) is 52.0 Å². The van der Waals surface area contributed by atoms with Crippen molar-refractivity contribution in [3.63, 3.8) is 0 Å². The molecule has 0 amide bonds. The summed E-state index contributed by atoms with van der Waals surface area (Å²) in [7, 11) is 2.08. The van der Waals surface area contributed by atoms with E-state index in [1.165, 1.54) is 24.1 Å². The zero-order valence-electron chi connectivity index (χ0n) is 13.0. The molecular formula is C17H28N2. The smallest absolute Gasteiger partial charge is 0.0370 e. The van der Waals surface area contributed by atoms with Gasteiger partial charge in [0.25, 0.3) is 0 Å². The Morgan fingerprint density at radius 2 is 1.84 bits per heavy atom. The van der Waals surface area contributed by atoms with Gasteiger partial charge in [0, 0.05) is 23.8 Å². The van der Waals surface area contributed by atoms with Gasteiger partial charge in [-0.25, -0.2) is 0 Å². The monoisotopic (exact) mass is 260 g/mol. The maximum atomic E-state index is 3.43. The lowest BCUT2D eigenvalue weighted by molar-refractivity contribution is 0.302. The van der Waals surface area contributed by atoms with E-state index >= 15 is 0 Å². The molecule has 2 rings (SSSR count). The number of hydrogen-bond donors (Lipinski definition) is 1. The molecule has 2 nitrogen and oxygen atoms in total. The average Bonchev–Trinajstić information content (AvgIpc) is 2.37. The molecule has 1 N–H and O–H groups in total. The second kappa shape index (κ2) is 5.54. The lowest BCUT2D eigenvalue weighted by atomic mass is 9.86. The number of hydrogen-bond acceptors (Lipinski definition) is 2. The van der Waals surface area contributed by atoms with E-state index in [-0.39, 0.29) is 5.54 Å². The third-order valence-corrected chi connectivity index (χ3v) is 4.46. The summed E-state index contributed by atoms with van der Waals surface area (Å²) < 4.78 is 0. The van der Waals surface area contributed by atoms with Gasteiger partial charge in [0.2, 0.25) is 0 Å². The largest absolute Gasteiger partial charge is 0.366 e. The molecule has 0 aromatic heterocycles. The molecule has 1 aliphatic rings. The second-order valence-corrected chi connectivity index (χ2v) is 6.69. The van der Waals surface area contributed by atoms with Crippen molar-refractivity contribution in [1.82, 2.24) is 5.32 Å². The van der Waals surface area contributed by atoms with E-state index in [0.717, 1.165) is 6.54 Å². The predicted molar refractivity (Wildman–Crippen MR) is 84.0 cm³/mol. The summed E-state index contributed by atoms with van der Waals surface area (Å²) in [5.74, 6) is 0.608. The molecule has 2 heteroatoms. The zero-order valence-corrected chi connectivity index (χ0v) is 13.0. The quantitative estimate of drug-likeness (QED) is 0.890. The maximum Gasteiger partial charge on any atom is 0.0370 e. The highest BCUT2D eigenvalue weighted by atomic mass is 15.2. The minimum absolute atomic E-state index is 0.227. The van der Waals surface area contributed by atoms with E-state index in [9.17, 15) is 0 Å². The van der Waals surface area contributed by atoms with Gasteiger partial charge in [-0.3, -0.25) is 0 Å². The average molecular weight is 260 g/mol. The number of piperidine rings is 1. The van der Waals surface area contributed by atoms with E-state index in [2.05, 4.69) is 69.2 Å². The van der Waals surface area contributed by atoms with Crippen LogP contribution in [0.2, 0.25) is 0 Å². The van der Waals surface area contributed by atoms with Crippen molar-refractivity contribution in [2.24, 2.45) is 0 Å². The first-order valence-electron chi connectivity index (χ1n) is 7.49. The van der Waals surface area contributed by atoms with Crippen molar-refractivity contribution >= 4 is 5.69 Å². The van der Waals surface area contributed by atoms with Crippen LogP contribution in [0.4, 0.5) is 5.69 Å². The highest BCUT2D eigenvalue weighted by Gasteiger charge is 2.34. The van der Waals surface area contributed by atoms with Gasteiger partial charge in [-0.1, -0.05) is 26.0 Å². The molecule has 106 valence electrons. The first-order chi connectivity index (χ1) is 8.94. The van der Waals surface area contributed by atoms with Crippen LogP contribution < -0.4 is 10.2 Å². The second-order valence-electron chi connectivity index (χ2n) is 6.69. The third kappa shape index (κ3) is 3.11. The van der Waals surface area contributed by atoms with Crippen molar-refractivity contribution in [1.29, 1.82) is 0 Å². The lowest BCUT2D eigenvalue weighted by Crippen LogP contribution is -2.54. The number of rotatable bonds is 3. The molecule has 1 aliphatic heterocycles. The molecule has 1 unspecified atom stereocenters. The van der Waals surface area contributed by atoms with E-state index < -0.39 is 0 Å². The Hall–Kier alpha value is -1.02. The van der Waals surface area contributed by atoms with Gasteiger partial charge in [-0.15, -0.1) is 0 Å². The molecular weight excluding hydrogens is 232 g/mol. The number of nitrogens with zero attached hydrogens (tertiary/aromatic N) is 1. The Bertz CT molecular complexity index is 406. The molecule has 19 heavy (non-hydrogen) atoms. The van der Waals surface area contributed by atoms with Crippen LogP contribution in [0, 0.1) is 0 Å². The summed E-state index contributed by atoms with van der Waals surface area (Å²) in [6, 6.07) is 9.79. The standard InChI is InChI=1S/C17H28N2/c1-13(2)14-6-8-16(9-7-14)19-11-10-15(18-5)12-17(19,3)4/h6-9,13,15,18H,10-12H2,1-5H3. The topological polar surface area (TPSA) is 15.3 Å². The summed E-state index contributed by atoms with van der Waals surface area (Å²) in [6.07, 6.45) is 2.43. The van der Waals surface area contributed by atoms with Crippen molar-refractivity contribution in [2.75, 3.05) is 18.5 Å². The normalized spacial score (nSPS) is 22.8. The SMILES string of the molecule is CNC1CCN(c2ccc(C(C)C)cc2)C(C)(C)C1. The van der Waals surface area contributed by atoms with Gasteiger partial charge >= 0.3 is 0 Å². The lowest BCUT2D eigenvalue weighted by Gasteiger charge is -2.47. The van der Waals surface area contributed by atoms with Crippen LogP contribution in [-0.4, -0.2) is 25.2 Å². The van der Waals surface area contributed by atoms with Crippen LogP contribution in [0.5, 0.6) is 0 Å². The Balaban J connectivity index is 2.17. The van der Waals surface area contributed by atoms with Gasteiger partial charge in [-0.05, 0) is 57.4 Å². The number of anilines is 1. The minimum atomic E-state index is 0.227. The predicted octanol–water partition coefficient (Wildman–Crippen LogP) is 3.78. The van der Waals surface area contributed by atoms with Gasteiger partial charge in [-0.2, -0.15) is 0 Å². The van der Waals surface area contributed by atoms with Gasteiger partial charge in [0.15, 0.2) is 0 Å². The number of nitrogens with one attached hydrogen (secondary N) is 1. The molecule has 0 aliphatic carbocycles. The van der Waals surface area contributed by atoms with Crippen molar-refractivity contribution in [3.05, 3.63) is 29.8 Å². The number of benzene rings is 1. The van der Waals surface area contributed by atoms with E-state index in [1.807, 2.05) is 0 Å². The molecule has 1 aromatic carbocycles. The molecule has 1 heterocycles. The van der Waals surface area contributed by atoms with Gasteiger partial charge in [0.05, 0.1) is 0 Å². The Kier molecular flexibility index (Phi) is 4.19. The summed E-state index contributed by atoms with van der Waals surface area (Å²) in [5, 5.41) is 3.43. The molecule has 1 fully saturated rings. The van der Waals surface area contributed by atoms with E-state index in [0.29, 0.717) is 12.0 Å². The van der Waals surface area contributed by atoms with Gasteiger partial charge in [0.1, 0.15) is 0 Å². The van der Waals surface area contributed by atoms with Crippen LogP contribution in [0.15, 0.2) is 24.3 Å². The van der Waals surface area contributed by atoms with Crippen molar-refractivity contribution in [3.8, 4) is 0 Å². The summed E-state index contributed by atoms with van der Waals surface area (Å²) in [6.45, 7) is 10.3. The van der Waals surface area contributed by atoms with Crippen molar-refractivity contribution < 1.29 is 0 Å². The van der Waals surface area contributed by atoms with Crippen LogP contribution in [0.3, 0.4) is 0 Å². The summed E-state index contributed by atoms with van der Waals surface area (Å²) in [4.78, 5) is 2.56. The molecule has 0 saturated carbocycles. The van der Waals surface area contributed by atoms with Gasteiger partial charge < -0.3 is 10.2 Å². The minimum Gasteiger partial charge on any atom is -0.366 e. The zero-order chi connectivity index (χ0) is 14.0. The Morgan fingerprint density at radius 1 is 1.21 bits per heavy atom. The molecule has 0 spiro atoms. The molecule has 0 bridgehead atoms. The van der Waals surface area contributed by atoms with E-state index in [4.69, 9.17) is 0 Å². The maximum absolute atomic E-state index is 3.43. The molecule has 1 saturated heterocycles. The fourth-order valence-corrected chi connectivity index (χ4v) is 3.17. The first-order valence-corrected chi connectivity index (χ1v) is 7.49. The molecule has 1 aromatic rings. The first kappa shape index (κ1) is 14.4. The van der Waals surface area contributed by atoms with Crippen LogP contribution in [0.25, 0.3) is 0 Å².